The summed E-state index contributed by atoms with van der Waals surface area (Å²) in [6.45, 7) is 6.99. The fourth-order valence-electron chi connectivity index (χ4n) is 1.32. The van der Waals surface area contributed by atoms with Crippen LogP contribution in [0.15, 0.2) is 34.9 Å². The van der Waals surface area contributed by atoms with Gasteiger partial charge in [0.1, 0.15) is 0 Å². The highest BCUT2D eigenvalue weighted by Crippen LogP contribution is 2.37. The van der Waals surface area contributed by atoms with Crippen molar-refractivity contribution in [1.82, 2.24) is 0 Å². The molecule has 74 valence electrons. The van der Waals surface area contributed by atoms with Crippen LogP contribution in [0.5, 0.6) is 0 Å². The van der Waals surface area contributed by atoms with Crippen LogP contribution in [0.1, 0.15) is 0 Å². The van der Waals surface area contributed by atoms with Crippen molar-refractivity contribution in [3.8, 4) is 11.1 Å². The van der Waals surface area contributed by atoms with Crippen LogP contribution in [0, 0.1) is 6.57 Å². The summed E-state index contributed by atoms with van der Waals surface area (Å²) in [6, 6.07) is 7.16. The normalized spacial score (nSPS) is 9.87. The van der Waals surface area contributed by atoms with E-state index in [1.54, 1.807) is 12.1 Å². The summed E-state index contributed by atoms with van der Waals surface area (Å²) < 4.78 is 5.00. The number of anilines is 1. The summed E-state index contributed by atoms with van der Waals surface area (Å²) in [5.41, 5.74) is 7.42. The van der Waals surface area contributed by atoms with Gasteiger partial charge >= 0.3 is 0 Å². The Morgan fingerprint density at radius 2 is 1.93 bits per heavy atom. The molecule has 0 aliphatic rings. The number of rotatable bonds is 1. The summed E-state index contributed by atoms with van der Waals surface area (Å²) in [7, 11) is 0. The van der Waals surface area contributed by atoms with Crippen molar-refractivity contribution in [2.45, 2.75) is 0 Å². The largest absolute Gasteiger partial charge is 0.460 e. The molecule has 15 heavy (non-hydrogen) atoms. The minimum atomic E-state index is 0.148. The van der Waals surface area contributed by atoms with Gasteiger partial charge in [0.05, 0.1) is 12.8 Å². The minimum absolute atomic E-state index is 0.148. The molecule has 2 N–H and O–H groups in total. The first-order chi connectivity index (χ1) is 7.22. The second-order valence-corrected chi connectivity index (χ2v) is 3.42. The van der Waals surface area contributed by atoms with Gasteiger partial charge in [-0.25, -0.2) is 4.85 Å². The number of halogens is 1. The Bertz CT molecular complexity index is 523. The molecule has 1 heterocycles. The molecule has 0 saturated heterocycles. The fraction of sp³-hybridized carbons (Fsp3) is 0. The summed E-state index contributed by atoms with van der Waals surface area (Å²) >= 11 is 5.77. The van der Waals surface area contributed by atoms with Crippen molar-refractivity contribution in [3.63, 3.8) is 0 Å². The van der Waals surface area contributed by atoms with Crippen molar-refractivity contribution in [2.75, 3.05) is 5.73 Å². The van der Waals surface area contributed by atoms with E-state index in [0.29, 0.717) is 16.3 Å². The predicted octanol–water partition coefficient (Wildman–Crippen LogP) is 3.73. The third-order valence-corrected chi connectivity index (χ3v) is 2.31. The first-order valence-corrected chi connectivity index (χ1v) is 4.60. The van der Waals surface area contributed by atoms with E-state index >= 15 is 0 Å². The van der Waals surface area contributed by atoms with Crippen LogP contribution in [0.4, 0.5) is 11.6 Å². The number of hydrogen-bond acceptors (Lipinski definition) is 2. The van der Waals surface area contributed by atoms with Crippen LogP contribution in [-0.2, 0) is 0 Å². The quantitative estimate of drug-likeness (QED) is 0.741. The molecule has 0 spiro atoms. The van der Waals surface area contributed by atoms with Gasteiger partial charge in [-0.15, -0.1) is 0 Å². The first-order valence-electron chi connectivity index (χ1n) is 4.22. The summed E-state index contributed by atoms with van der Waals surface area (Å²) in [5, 5.41) is 0.652. The van der Waals surface area contributed by atoms with Crippen LogP contribution < -0.4 is 5.73 Å². The lowest BCUT2D eigenvalue weighted by molar-refractivity contribution is 0.589. The Morgan fingerprint density at radius 3 is 2.53 bits per heavy atom. The van der Waals surface area contributed by atoms with Crippen LogP contribution >= 0.6 is 11.6 Å². The van der Waals surface area contributed by atoms with Gasteiger partial charge in [0, 0.05) is 10.6 Å². The van der Waals surface area contributed by atoms with Gasteiger partial charge in [0.25, 0.3) is 5.69 Å². The van der Waals surface area contributed by atoms with E-state index in [1.165, 1.54) is 6.26 Å². The van der Waals surface area contributed by atoms with Gasteiger partial charge in [-0.3, -0.25) is 0 Å². The summed E-state index contributed by atoms with van der Waals surface area (Å²) in [6.07, 6.45) is 1.48. The summed E-state index contributed by atoms with van der Waals surface area (Å²) in [4.78, 5) is 3.33. The van der Waals surface area contributed by atoms with Crippen molar-refractivity contribution in [1.29, 1.82) is 0 Å². The van der Waals surface area contributed by atoms with E-state index in [9.17, 15) is 0 Å². The SMILES string of the molecule is [C-]#[N+]c1c(-c2ccc(Cl)cc2)coc1N. The van der Waals surface area contributed by atoms with E-state index in [1.807, 2.05) is 12.1 Å². The molecule has 0 amide bonds. The van der Waals surface area contributed by atoms with Gasteiger partial charge < -0.3 is 10.2 Å². The Labute approximate surface area is 91.9 Å². The molecule has 0 aliphatic carbocycles. The number of hydrogen-bond donors (Lipinski definition) is 1. The highest BCUT2D eigenvalue weighted by Gasteiger charge is 2.12. The maximum Gasteiger partial charge on any atom is 0.255 e. The van der Waals surface area contributed by atoms with Crippen molar-refractivity contribution in [2.24, 2.45) is 0 Å². The molecule has 1 aromatic heterocycles. The standard InChI is InChI=1S/C11H7ClN2O/c1-14-10-9(6-15-11(10)13)7-2-4-8(12)5-3-7/h2-6H,13H2. The van der Waals surface area contributed by atoms with Gasteiger partial charge in [-0.05, 0) is 17.7 Å². The Morgan fingerprint density at radius 1 is 1.27 bits per heavy atom. The topological polar surface area (TPSA) is 43.5 Å². The lowest BCUT2D eigenvalue weighted by atomic mass is 10.1. The number of benzene rings is 1. The van der Waals surface area contributed by atoms with Gasteiger partial charge in [-0.1, -0.05) is 23.7 Å². The average Bonchev–Trinajstić information content (AvgIpc) is 2.61. The van der Waals surface area contributed by atoms with Gasteiger partial charge in [0.2, 0.25) is 0 Å². The molecule has 0 saturated carbocycles. The number of nitrogens with two attached hydrogens (primary N) is 1. The fourth-order valence-corrected chi connectivity index (χ4v) is 1.44. The van der Waals surface area contributed by atoms with Crippen LogP contribution in [0.25, 0.3) is 16.0 Å². The Hall–Kier alpha value is -1.92. The predicted molar refractivity (Wildman–Crippen MR) is 59.8 cm³/mol. The average molecular weight is 219 g/mol. The van der Waals surface area contributed by atoms with Gasteiger partial charge in [-0.2, -0.15) is 0 Å². The first kappa shape index (κ1) is 9.63. The molecule has 4 heteroatoms. The monoisotopic (exact) mass is 218 g/mol. The van der Waals surface area contributed by atoms with Crippen molar-refractivity contribution >= 4 is 23.2 Å². The Balaban J connectivity index is 2.55. The zero-order chi connectivity index (χ0) is 10.8. The van der Waals surface area contributed by atoms with E-state index in [-0.39, 0.29) is 5.88 Å². The van der Waals surface area contributed by atoms with E-state index in [4.69, 9.17) is 28.3 Å². The maximum absolute atomic E-state index is 6.99. The molecule has 2 aromatic rings. The van der Waals surface area contributed by atoms with Crippen LogP contribution in [-0.4, -0.2) is 0 Å². The number of furan rings is 1. The molecule has 0 unspecified atom stereocenters. The molecule has 1 aromatic carbocycles. The smallest absolute Gasteiger partial charge is 0.255 e. The molecule has 0 bridgehead atoms. The molecule has 0 fully saturated rings. The molecule has 0 aliphatic heterocycles. The van der Waals surface area contributed by atoms with E-state index in [2.05, 4.69) is 4.85 Å². The third-order valence-electron chi connectivity index (χ3n) is 2.06. The molecular formula is C11H7ClN2O. The molecular weight excluding hydrogens is 212 g/mol. The van der Waals surface area contributed by atoms with Gasteiger partial charge in [0.15, 0.2) is 5.88 Å². The maximum atomic E-state index is 6.99. The summed E-state index contributed by atoms with van der Waals surface area (Å²) in [5.74, 6) is 0.148. The minimum Gasteiger partial charge on any atom is -0.460 e. The highest BCUT2D eigenvalue weighted by molar-refractivity contribution is 6.30. The molecule has 0 radical (unpaired) electrons. The van der Waals surface area contributed by atoms with E-state index < -0.39 is 0 Å². The molecule has 2 rings (SSSR count). The highest BCUT2D eigenvalue weighted by atomic mass is 35.5. The van der Waals surface area contributed by atoms with Crippen LogP contribution in [0.2, 0.25) is 5.02 Å². The number of nitrogen functional groups attached to an aromatic ring is 1. The zero-order valence-electron chi connectivity index (χ0n) is 7.70. The van der Waals surface area contributed by atoms with Crippen molar-refractivity contribution in [3.05, 3.63) is 47.0 Å². The van der Waals surface area contributed by atoms with Crippen LogP contribution in [0.3, 0.4) is 0 Å². The third kappa shape index (κ3) is 1.67. The Kier molecular flexibility index (Phi) is 2.36. The second-order valence-electron chi connectivity index (χ2n) is 2.98. The zero-order valence-corrected chi connectivity index (χ0v) is 8.45. The lowest BCUT2D eigenvalue weighted by Gasteiger charge is -1.97. The molecule has 0 atom stereocenters. The van der Waals surface area contributed by atoms with Crippen molar-refractivity contribution < 1.29 is 4.42 Å². The molecule has 3 nitrogen and oxygen atoms in total. The van der Waals surface area contributed by atoms with E-state index in [0.717, 1.165) is 5.56 Å². The number of nitrogens with zero attached hydrogens (tertiary/aromatic N) is 1. The second kappa shape index (κ2) is 3.68. The lowest BCUT2D eigenvalue weighted by Crippen LogP contribution is -1.79.